The number of H-pyrrole nitrogens is 1. The lowest BCUT2D eigenvalue weighted by atomic mass is 10.0. The van der Waals surface area contributed by atoms with Gasteiger partial charge in [0.15, 0.2) is 5.82 Å². The summed E-state index contributed by atoms with van der Waals surface area (Å²) in [5.74, 6) is 0.0123. The first-order valence-electron chi connectivity index (χ1n) is 8.01. The number of nitrogens with one attached hydrogen (secondary N) is 1. The van der Waals surface area contributed by atoms with Gasteiger partial charge >= 0.3 is 5.97 Å². The highest BCUT2D eigenvalue weighted by atomic mass is 19.1. The number of aryl methyl sites for hydroxylation is 1. The Hall–Kier alpha value is -3.68. The standard InChI is InChI=1S/C19H14FN3O4/c1-9-21-18(23-22-9)13-8-15-12(7-14(13)26-2)16(19(24)25)17(27-15)10-3-5-11(20)6-4-10/h3-8H,1-2H3,(H,24,25)(H,21,22,23). The molecule has 0 saturated heterocycles. The summed E-state index contributed by atoms with van der Waals surface area (Å²) in [7, 11) is 1.48. The Morgan fingerprint density at radius 2 is 2.00 bits per heavy atom. The SMILES string of the molecule is COc1cc2c(C(=O)O)c(-c3ccc(F)cc3)oc2cc1-c1n[nH]c(C)n1. The molecule has 0 aliphatic carbocycles. The molecule has 2 aromatic carbocycles. The normalized spacial score (nSPS) is 11.1. The lowest BCUT2D eigenvalue weighted by Crippen LogP contribution is -1.98. The number of furan rings is 1. The minimum atomic E-state index is -1.16. The van der Waals surface area contributed by atoms with Gasteiger partial charge in [-0.15, -0.1) is 0 Å². The molecule has 136 valence electrons. The van der Waals surface area contributed by atoms with Gasteiger partial charge in [-0.2, -0.15) is 5.10 Å². The number of methoxy groups -OCH3 is 1. The van der Waals surface area contributed by atoms with Crippen LogP contribution in [0.1, 0.15) is 16.2 Å². The van der Waals surface area contributed by atoms with Crippen molar-refractivity contribution < 1.29 is 23.4 Å². The number of aromatic carboxylic acids is 1. The van der Waals surface area contributed by atoms with E-state index in [2.05, 4.69) is 15.2 Å². The van der Waals surface area contributed by atoms with E-state index in [0.29, 0.717) is 39.5 Å². The number of benzene rings is 2. The molecule has 0 aliphatic rings. The number of fused-ring (bicyclic) bond motifs is 1. The molecule has 8 heteroatoms. The fourth-order valence-corrected chi connectivity index (χ4v) is 2.95. The largest absolute Gasteiger partial charge is 0.496 e. The van der Waals surface area contributed by atoms with Crippen molar-refractivity contribution >= 4 is 16.9 Å². The number of rotatable bonds is 4. The topological polar surface area (TPSA) is 101 Å². The molecule has 0 unspecified atom stereocenters. The first-order valence-corrected chi connectivity index (χ1v) is 8.01. The van der Waals surface area contributed by atoms with Gasteiger partial charge in [-0.3, -0.25) is 5.10 Å². The molecule has 2 heterocycles. The van der Waals surface area contributed by atoms with Crippen LogP contribution in [-0.2, 0) is 0 Å². The predicted octanol–water partition coefficient (Wildman–Crippen LogP) is 4.04. The maximum absolute atomic E-state index is 13.2. The Morgan fingerprint density at radius 1 is 1.26 bits per heavy atom. The van der Waals surface area contributed by atoms with Crippen LogP contribution in [0.4, 0.5) is 4.39 Å². The average Bonchev–Trinajstić information content (AvgIpc) is 3.24. The summed E-state index contributed by atoms with van der Waals surface area (Å²) in [4.78, 5) is 16.2. The molecule has 27 heavy (non-hydrogen) atoms. The third-order valence-electron chi connectivity index (χ3n) is 4.17. The molecule has 0 fully saturated rings. The Balaban J connectivity index is 1.99. The molecule has 2 N–H and O–H groups in total. The van der Waals surface area contributed by atoms with Crippen molar-refractivity contribution in [1.29, 1.82) is 0 Å². The van der Waals surface area contributed by atoms with Crippen molar-refractivity contribution in [2.75, 3.05) is 7.11 Å². The van der Waals surface area contributed by atoms with Crippen LogP contribution in [0.3, 0.4) is 0 Å². The fourth-order valence-electron chi connectivity index (χ4n) is 2.95. The highest BCUT2D eigenvalue weighted by Crippen LogP contribution is 2.39. The van der Waals surface area contributed by atoms with E-state index in [1.807, 2.05) is 0 Å². The zero-order valence-electron chi connectivity index (χ0n) is 14.4. The summed E-state index contributed by atoms with van der Waals surface area (Å²) >= 11 is 0. The summed E-state index contributed by atoms with van der Waals surface area (Å²) in [6, 6.07) is 8.65. The van der Waals surface area contributed by atoms with E-state index in [0.717, 1.165) is 0 Å². The number of carboxylic acid groups (broad SMARTS) is 1. The number of hydrogen-bond donors (Lipinski definition) is 2. The molecule has 2 aromatic heterocycles. The van der Waals surface area contributed by atoms with Crippen LogP contribution in [-0.4, -0.2) is 33.4 Å². The minimum Gasteiger partial charge on any atom is -0.496 e. The van der Waals surface area contributed by atoms with Crippen LogP contribution in [0, 0.1) is 12.7 Å². The number of hydrogen-bond acceptors (Lipinski definition) is 5. The molecule has 7 nitrogen and oxygen atoms in total. The van der Waals surface area contributed by atoms with Gasteiger partial charge in [-0.25, -0.2) is 14.2 Å². The van der Waals surface area contributed by atoms with Crippen LogP contribution in [0.2, 0.25) is 0 Å². The molecule has 0 saturated carbocycles. The molecular weight excluding hydrogens is 353 g/mol. The summed E-state index contributed by atoms with van der Waals surface area (Å²) in [6.45, 7) is 1.77. The average molecular weight is 367 g/mol. The smallest absolute Gasteiger partial charge is 0.340 e. The van der Waals surface area contributed by atoms with Crippen LogP contribution in [0.25, 0.3) is 33.7 Å². The highest BCUT2D eigenvalue weighted by Gasteiger charge is 2.24. The zero-order chi connectivity index (χ0) is 19.1. The molecule has 4 rings (SSSR count). The van der Waals surface area contributed by atoms with Crippen LogP contribution < -0.4 is 4.74 Å². The quantitative estimate of drug-likeness (QED) is 0.564. The van der Waals surface area contributed by atoms with E-state index in [4.69, 9.17) is 9.15 Å². The number of nitrogens with zero attached hydrogens (tertiary/aromatic N) is 2. The van der Waals surface area contributed by atoms with Crippen molar-refractivity contribution in [1.82, 2.24) is 15.2 Å². The Kier molecular flexibility index (Phi) is 3.88. The second-order valence-corrected chi connectivity index (χ2v) is 5.91. The van der Waals surface area contributed by atoms with Gasteiger partial charge in [0.05, 0.1) is 12.7 Å². The molecule has 0 aliphatic heterocycles. The summed E-state index contributed by atoms with van der Waals surface area (Å²) in [5, 5.41) is 17.0. The summed E-state index contributed by atoms with van der Waals surface area (Å²) in [5.41, 5.74) is 1.34. The third kappa shape index (κ3) is 2.80. The molecular formula is C19H14FN3O4. The molecule has 0 radical (unpaired) electrons. The van der Waals surface area contributed by atoms with Crippen LogP contribution >= 0.6 is 0 Å². The molecule has 0 bridgehead atoms. The van der Waals surface area contributed by atoms with Gasteiger partial charge in [0.1, 0.15) is 34.3 Å². The number of aromatic nitrogens is 3. The first-order chi connectivity index (χ1) is 13.0. The number of ether oxygens (including phenoxy) is 1. The first kappa shape index (κ1) is 16.8. The van der Waals surface area contributed by atoms with Crippen LogP contribution in [0.15, 0.2) is 40.8 Å². The molecule has 0 amide bonds. The molecule has 4 aromatic rings. The number of carboxylic acids is 1. The van der Waals surface area contributed by atoms with Crippen molar-refractivity contribution in [2.24, 2.45) is 0 Å². The van der Waals surface area contributed by atoms with E-state index in [9.17, 15) is 14.3 Å². The van der Waals surface area contributed by atoms with E-state index >= 15 is 0 Å². The van der Waals surface area contributed by atoms with Gasteiger partial charge in [0.25, 0.3) is 0 Å². The summed E-state index contributed by atoms with van der Waals surface area (Å²) in [6.07, 6.45) is 0. The number of halogens is 1. The molecule has 0 atom stereocenters. The van der Waals surface area contributed by atoms with Gasteiger partial charge < -0.3 is 14.3 Å². The van der Waals surface area contributed by atoms with Gasteiger partial charge in [-0.05, 0) is 43.3 Å². The van der Waals surface area contributed by atoms with Gasteiger partial charge in [0.2, 0.25) is 0 Å². The summed E-state index contributed by atoms with van der Waals surface area (Å²) < 4.78 is 24.5. The van der Waals surface area contributed by atoms with E-state index in [1.165, 1.54) is 31.4 Å². The predicted molar refractivity (Wildman–Crippen MR) is 95.2 cm³/mol. The lowest BCUT2D eigenvalue weighted by Gasteiger charge is -2.05. The van der Waals surface area contributed by atoms with Crippen LogP contribution in [0.5, 0.6) is 5.75 Å². The van der Waals surface area contributed by atoms with Crippen molar-refractivity contribution in [3.8, 4) is 28.5 Å². The zero-order valence-corrected chi connectivity index (χ0v) is 14.4. The Labute approximate surface area is 152 Å². The maximum atomic E-state index is 13.2. The van der Waals surface area contributed by atoms with E-state index < -0.39 is 11.8 Å². The van der Waals surface area contributed by atoms with Crippen molar-refractivity contribution in [3.05, 3.63) is 53.6 Å². The second kappa shape index (κ2) is 6.24. The van der Waals surface area contributed by atoms with E-state index in [1.54, 1.807) is 19.1 Å². The minimum absolute atomic E-state index is 0.0207. The lowest BCUT2D eigenvalue weighted by molar-refractivity contribution is 0.0699. The number of carbonyl (C=O) groups is 1. The second-order valence-electron chi connectivity index (χ2n) is 5.91. The highest BCUT2D eigenvalue weighted by molar-refractivity contribution is 6.09. The van der Waals surface area contributed by atoms with E-state index in [-0.39, 0.29) is 11.3 Å². The van der Waals surface area contributed by atoms with Crippen molar-refractivity contribution in [3.63, 3.8) is 0 Å². The fraction of sp³-hybridized carbons (Fsp3) is 0.105. The Bertz CT molecular complexity index is 1160. The van der Waals surface area contributed by atoms with Crippen molar-refractivity contribution in [2.45, 2.75) is 6.92 Å². The van der Waals surface area contributed by atoms with Gasteiger partial charge in [0, 0.05) is 10.9 Å². The number of aromatic amines is 1. The third-order valence-corrected chi connectivity index (χ3v) is 4.17. The van der Waals surface area contributed by atoms with Gasteiger partial charge in [-0.1, -0.05) is 0 Å². The monoisotopic (exact) mass is 367 g/mol. The molecule has 0 spiro atoms. The Morgan fingerprint density at radius 3 is 2.59 bits per heavy atom. The maximum Gasteiger partial charge on any atom is 0.340 e.